The Labute approximate surface area is 113 Å². The van der Waals surface area contributed by atoms with E-state index in [9.17, 15) is 14.9 Å². The van der Waals surface area contributed by atoms with Gasteiger partial charge in [0.05, 0.1) is 17.4 Å². The van der Waals surface area contributed by atoms with Gasteiger partial charge in [0.2, 0.25) is 5.91 Å². The fourth-order valence-corrected chi connectivity index (χ4v) is 1.64. The van der Waals surface area contributed by atoms with Crippen molar-refractivity contribution in [3.05, 3.63) is 45.8 Å². The van der Waals surface area contributed by atoms with Crippen LogP contribution in [-0.4, -0.2) is 31.5 Å². The van der Waals surface area contributed by atoms with Gasteiger partial charge in [-0.1, -0.05) is 17.3 Å². The van der Waals surface area contributed by atoms with Gasteiger partial charge in [-0.05, 0) is 12.5 Å². The van der Waals surface area contributed by atoms with Gasteiger partial charge in [-0.2, -0.15) is 5.21 Å². The van der Waals surface area contributed by atoms with E-state index in [1.165, 1.54) is 12.1 Å². The van der Waals surface area contributed by atoms with Gasteiger partial charge in [-0.25, -0.2) is 0 Å². The first-order chi connectivity index (χ1) is 9.58. The van der Waals surface area contributed by atoms with Gasteiger partial charge >= 0.3 is 0 Å². The molecule has 0 aliphatic carbocycles. The van der Waals surface area contributed by atoms with Crippen LogP contribution in [0.2, 0.25) is 0 Å². The maximum atomic E-state index is 12.0. The molecule has 9 heteroatoms. The second-order valence-corrected chi connectivity index (χ2v) is 4.12. The second kappa shape index (κ2) is 5.87. The zero-order valence-electron chi connectivity index (χ0n) is 10.6. The number of nitro benzene ring substituents is 1. The minimum absolute atomic E-state index is 0.0414. The molecule has 2 aromatic rings. The van der Waals surface area contributed by atoms with Crippen LogP contribution in [0.4, 0.5) is 5.69 Å². The third-order valence-corrected chi connectivity index (χ3v) is 2.78. The molecule has 104 valence electrons. The number of hydrogen-bond acceptors (Lipinski definition) is 6. The molecule has 1 atom stereocenters. The van der Waals surface area contributed by atoms with Crippen molar-refractivity contribution in [2.75, 3.05) is 0 Å². The van der Waals surface area contributed by atoms with E-state index in [1.54, 1.807) is 19.1 Å². The molecule has 0 spiro atoms. The van der Waals surface area contributed by atoms with Crippen molar-refractivity contribution in [1.82, 2.24) is 25.9 Å². The average molecular weight is 276 g/mol. The minimum Gasteiger partial charge on any atom is -0.348 e. The lowest BCUT2D eigenvalue weighted by Crippen LogP contribution is -2.28. The normalized spacial score (nSPS) is 11.8. The molecule has 0 bridgehead atoms. The van der Waals surface area contributed by atoms with Crippen molar-refractivity contribution in [2.45, 2.75) is 19.4 Å². The number of H-pyrrole nitrogens is 1. The zero-order valence-corrected chi connectivity index (χ0v) is 10.6. The molecular formula is C11H12N6O3. The van der Waals surface area contributed by atoms with Gasteiger partial charge in [-0.3, -0.25) is 14.9 Å². The van der Waals surface area contributed by atoms with E-state index in [-0.39, 0.29) is 18.1 Å². The first kappa shape index (κ1) is 13.6. The molecule has 2 N–H and O–H groups in total. The van der Waals surface area contributed by atoms with Gasteiger partial charge in [0.25, 0.3) is 5.69 Å². The van der Waals surface area contributed by atoms with Crippen LogP contribution in [0, 0.1) is 10.1 Å². The van der Waals surface area contributed by atoms with E-state index in [0.29, 0.717) is 11.4 Å². The molecule has 1 amide bonds. The van der Waals surface area contributed by atoms with Crippen molar-refractivity contribution in [1.29, 1.82) is 0 Å². The fraction of sp³-hybridized carbons (Fsp3) is 0.273. The second-order valence-electron chi connectivity index (χ2n) is 4.12. The molecule has 0 fully saturated rings. The Bertz CT molecular complexity index is 612. The smallest absolute Gasteiger partial charge is 0.269 e. The topological polar surface area (TPSA) is 127 Å². The Morgan fingerprint density at radius 1 is 1.55 bits per heavy atom. The van der Waals surface area contributed by atoms with Crippen molar-refractivity contribution in [3.8, 4) is 0 Å². The molecule has 1 aromatic heterocycles. The summed E-state index contributed by atoms with van der Waals surface area (Å²) in [5.74, 6) is -0.415. The molecule has 2 rings (SSSR count). The van der Waals surface area contributed by atoms with Crippen LogP contribution >= 0.6 is 0 Å². The molecule has 1 aromatic carbocycles. The number of nitrogens with one attached hydrogen (secondary N) is 2. The third-order valence-electron chi connectivity index (χ3n) is 2.78. The standard InChI is InChI=1S/C11H12N6O3/c1-7(8-3-2-4-9(5-8)17(19)20)11(18)12-6-10-13-15-16-14-10/h2-5,7H,6H2,1H3,(H,12,18)(H,13,14,15,16). The number of aromatic amines is 1. The summed E-state index contributed by atoms with van der Waals surface area (Å²) in [5, 5.41) is 26.4. The van der Waals surface area contributed by atoms with Crippen LogP contribution in [0.3, 0.4) is 0 Å². The number of carbonyl (C=O) groups is 1. The number of non-ortho nitro benzene ring substituents is 1. The molecule has 1 heterocycles. The summed E-state index contributed by atoms with van der Waals surface area (Å²) in [6.07, 6.45) is 0. The zero-order chi connectivity index (χ0) is 14.5. The van der Waals surface area contributed by atoms with Gasteiger partial charge in [0.1, 0.15) is 0 Å². The summed E-state index contributed by atoms with van der Waals surface area (Å²) in [7, 11) is 0. The van der Waals surface area contributed by atoms with Crippen molar-refractivity contribution in [3.63, 3.8) is 0 Å². The van der Waals surface area contributed by atoms with Crippen LogP contribution in [0.1, 0.15) is 24.2 Å². The first-order valence-electron chi connectivity index (χ1n) is 5.82. The number of tetrazole rings is 1. The lowest BCUT2D eigenvalue weighted by atomic mass is 10.00. The monoisotopic (exact) mass is 276 g/mol. The molecule has 0 radical (unpaired) electrons. The Hall–Kier alpha value is -2.84. The maximum absolute atomic E-state index is 12.0. The number of benzene rings is 1. The summed E-state index contributed by atoms with van der Waals surface area (Å²) in [6, 6.07) is 5.99. The van der Waals surface area contributed by atoms with E-state index in [1.807, 2.05) is 0 Å². The van der Waals surface area contributed by atoms with Gasteiger partial charge < -0.3 is 5.32 Å². The van der Waals surface area contributed by atoms with E-state index in [2.05, 4.69) is 25.9 Å². The SMILES string of the molecule is CC(C(=O)NCc1nn[nH]n1)c1cccc([N+](=O)[O-])c1. The van der Waals surface area contributed by atoms with Crippen molar-refractivity contribution in [2.24, 2.45) is 0 Å². The highest BCUT2D eigenvalue weighted by molar-refractivity contribution is 5.83. The van der Waals surface area contributed by atoms with Gasteiger partial charge in [0, 0.05) is 12.1 Å². The molecule has 20 heavy (non-hydrogen) atoms. The van der Waals surface area contributed by atoms with Crippen molar-refractivity contribution >= 4 is 11.6 Å². The average Bonchev–Trinajstić information content (AvgIpc) is 2.97. The Morgan fingerprint density at radius 3 is 3.00 bits per heavy atom. The summed E-state index contributed by atoms with van der Waals surface area (Å²) in [4.78, 5) is 22.2. The number of rotatable bonds is 5. The number of nitro groups is 1. The highest BCUT2D eigenvalue weighted by atomic mass is 16.6. The molecule has 0 aliphatic heterocycles. The number of aromatic nitrogens is 4. The molecule has 0 saturated carbocycles. The molecule has 0 saturated heterocycles. The number of amides is 1. The summed E-state index contributed by atoms with van der Waals surface area (Å²) in [5.41, 5.74) is 0.533. The summed E-state index contributed by atoms with van der Waals surface area (Å²) < 4.78 is 0. The van der Waals surface area contributed by atoms with E-state index in [4.69, 9.17) is 0 Å². The molecule has 1 unspecified atom stereocenters. The van der Waals surface area contributed by atoms with Crippen LogP contribution in [0.5, 0.6) is 0 Å². The van der Waals surface area contributed by atoms with Crippen LogP contribution < -0.4 is 5.32 Å². The number of hydrogen-bond donors (Lipinski definition) is 2. The summed E-state index contributed by atoms with van der Waals surface area (Å²) >= 11 is 0. The largest absolute Gasteiger partial charge is 0.348 e. The Balaban J connectivity index is 2.02. The first-order valence-corrected chi connectivity index (χ1v) is 5.82. The third kappa shape index (κ3) is 3.13. The maximum Gasteiger partial charge on any atom is 0.269 e. The summed E-state index contributed by atoms with van der Waals surface area (Å²) in [6.45, 7) is 1.82. The fourth-order valence-electron chi connectivity index (χ4n) is 1.64. The van der Waals surface area contributed by atoms with E-state index in [0.717, 1.165) is 0 Å². The van der Waals surface area contributed by atoms with Crippen molar-refractivity contribution < 1.29 is 9.72 Å². The Kier molecular flexibility index (Phi) is 3.99. The van der Waals surface area contributed by atoms with Crippen LogP contribution in [0.25, 0.3) is 0 Å². The van der Waals surface area contributed by atoms with E-state index >= 15 is 0 Å². The van der Waals surface area contributed by atoms with Gasteiger partial charge in [0.15, 0.2) is 5.82 Å². The van der Waals surface area contributed by atoms with Crippen LogP contribution in [0.15, 0.2) is 24.3 Å². The quantitative estimate of drug-likeness (QED) is 0.605. The highest BCUT2D eigenvalue weighted by Gasteiger charge is 2.17. The highest BCUT2D eigenvalue weighted by Crippen LogP contribution is 2.20. The van der Waals surface area contributed by atoms with Gasteiger partial charge in [-0.15, -0.1) is 10.2 Å². The predicted octanol–water partition coefficient (Wildman–Crippen LogP) is 0.528. The Morgan fingerprint density at radius 2 is 2.35 bits per heavy atom. The predicted molar refractivity (Wildman–Crippen MR) is 67.5 cm³/mol. The number of carbonyl (C=O) groups excluding carboxylic acids is 1. The van der Waals surface area contributed by atoms with Crippen LogP contribution in [-0.2, 0) is 11.3 Å². The molecule has 0 aliphatic rings. The van der Waals surface area contributed by atoms with E-state index < -0.39 is 10.8 Å². The number of nitrogens with zero attached hydrogens (tertiary/aromatic N) is 4. The molecular weight excluding hydrogens is 264 g/mol. The lowest BCUT2D eigenvalue weighted by molar-refractivity contribution is -0.384. The minimum atomic E-state index is -0.512. The molecule has 9 nitrogen and oxygen atoms in total. The lowest BCUT2D eigenvalue weighted by Gasteiger charge is -2.11.